The maximum absolute atomic E-state index is 12.8. The predicted molar refractivity (Wildman–Crippen MR) is 83.7 cm³/mol. The number of carbonyl (C=O) groups excluding carboxylic acids is 1. The van der Waals surface area contributed by atoms with Gasteiger partial charge in [0.2, 0.25) is 0 Å². The van der Waals surface area contributed by atoms with Crippen molar-refractivity contribution < 1.29 is 9.18 Å². The Morgan fingerprint density at radius 1 is 1.33 bits per heavy atom. The number of anilines is 1. The topological polar surface area (TPSA) is 54.0 Å². The number of amides is 1. The van der Waals surface area contributed by atoms with Crippen molar-refractivity contribution in [2.45, 2.75) is 13.5 Å². The highest BCUT2D eigenvalue weighted by atomic mass is 79.9. The number of nitrogens with one attached hydrogen (secondary N) is 2. The minimum absolute atomic E-state index is 0.232. The van der Waals surface area contributed by atoms with Gasteiger partial charge in [0.05, 0.1) is 5.56 Å². The van der Waals surface area contributed by atoms with Crippen LogP contribution in [0.4, 0.5) is 10.2 Å². The Hall–Kier alpha value is -1.95. The van der Waals surface area contributed by atoms with Crippen LogP contribution in [0.5, 0.6) is 0 Å². The molecule has 0 atom stereocenters. The molecule has 0 fully saturated rings. The van der Waals surface area contributed by atoms with Crippen molar-refractivity contribution in [1.82, 2.24) is 10.3 Å². The van der Waals surface area contributed by atoms with E-state index < -0.39 is 0 Å². The minimum atomic E-state index is -0.296. The molecule has 1 amide bonds. The smallest absolute Gasteiger partial charge is 0.255 e. The summed E-state index contributed by atoms with van der Waals surface area (Å²) in [7, 11) is 0. The Kier molecular flexibility index (Phi) is 5.27. The molecule has 4 nitrogen and oxygen atoms in total. The van der Waals surface area contributed by atoms with Crippen molar-refractivity contribution in [3.05, 3.63) is 57.9 Å². The van der Waals surface area contributed by atoms with Crippen LogP contribution in [0.15, 0.2) is 41.0 Å². The van der Waals surface area contributed by atoms with Crippen LogP contribution in [0.3, 0.4) is 0 Å². The normalized spacial score (nSPS) is 10.2. The molecule has 0 aliphatic heterocycles. The highest BCUT2D eigenvalue weighted by molar-refractivity contribution is 9.10. The van der Waals surface area contributed by atoms with Gasteiger partial charge in [0.1, 0.15) is 11.6 Å². The van der Waals surface area contributed by atoms with Gasteiger partial charge in [-0.25, -0.2) is 9.37 Å². The largest absolute Gasteiger partial charge is 0.370 e. The first-order valence-electron chi connectivity index (χ1n) is 6.52. The zero-order valence-electron chi connectivity index (χ0n) is 11.5. The third-order valence-corrected chi connectivity index (χ3v) is 3.24. The molecule has 21 heavy (non-hydrogen) atoms. The fourth-order valence-corrected chi connectivity index (χ4v) is 2.13. The standard InChI is InChI=1S/C15H15BrFN3O/c1-2-18-14-13(7-11(16)9-19-14)15(21)20-8-10-3-5-12(17)6-4-10/h3-7,9H,2,8H2,1H3,(H,18,19)(H,20,21). The first kappa shape index (κ1) is 15.4. The van der Waals surface area contributed by atoms with Gasteiger partial charge in [-0.3, -0.25) is 4.79 Å². The van der Waals surface area contributed by atoms with E-state index in [2.05, 4.69) is 31.5 Å². The Bertz CT molecular complexity index is 631. The van der Waals surface area contributed by atoms with Gasteiger partial charge in [-0.05, 0) is 46.6 Å². The quantitative estimate of drug-likeness (QED) is 0.868. The van der Waals surface area contributed by atoms with Crippen LogP contribution in [0, 0.1) is 5.82 Å². The van der Waals surface area contributed by atoms with Gasteiger partial charge >= 0.3 is 0 Å². The summed E-state index contributed by atoms with van der Waals surface area (Å²) in [5.41, 5.74) is 1.30. The van der Waals surface area contributed by atoms with Crippen LogP contribution in [0.25, 0.3) is 0 Å². The van der Waals surface area contributed by atoms with Crippen molar-refractivity contribution in [1.29, 1.82) is 0 Å². The number of halogens is 2. The maximum atomic E-state index is 12.8. The van der Waals surface area contributed by atoms with Crippen LogP contribution >= 0.6 is 15.9 Å². The van der Waals surface area contributed by atoms with E-state index in [4.69, 9.17) is 0 Å². The van der Waals surface area contributed by atoms with E-state index in [9.17, 15) is 9.18 Å². The molecule has 6 heteroatoms. The number of aromatic nitrogens is 1. The third-order valence-electron chi connectivity index (χ3n) is 2.81. The van der Waals surface area contributed by atoms with Crippen LogP contribution in [0.2, 0.25) is 0 Å². The Balaban J connectivity index is 2.09. The number of rotatable bonds is 5. The van der Waals surface area contributed by atoms with Crippen LogP contribution in [-0.4, -0.2) is 17.4 Å². The zero-order valence-corrected chi connectivity index (χ0v) is 13.1. The van der Waals surface area contributed by atoms with Gasteiger partial charge in [-0.2, -0.15) is 0 Å². The van der Waals surface area contributed by atoms with E-state index in [1.54, 1.807) is 24.4 Å². The summed E-state index contributed by atoms with van der Waals surface area (Å²) in [6, 6.07) is 7.73. The Morgan fingerprint density at radius 3 is 2.71 bits per heavy atom. The Morgan fingerprint density at radius 2 is 2.05 bits per heavy atom. The van der Waals surface area contributed by atoms with Crippen molar-refractivity contribution in [3.8, 4) is 0 Å². The van der Waals surface area contributed by atoms with Crippen LogP contribution in [0.1, 0.15) is 22.8 Å². The third kappa shape index (κ3) is 4.26. The monoisotopic (exact) mass is 351 g/mol. The van der Waals surface area contributed by atoms with Crippen LogP contribution < -0.4 is 10.6 Å². The van der Waals surface area contributed by atoms with Gasteiger partial charge in [-0.1, -0.05) is 12.1 Å². The van der Waals surface area contributed by atoms with E-state index in [0.29, 0.717) is 24.5 Å². The van der Waals surface area contributed by atoms with Gasteiger partial charge in [0.25, 0.3) is 5.91 Å². The molecule has 0 saturated heterocycles. The molecule has 0 radical (unpaired) electrons. The molecule has 2 N–H and O–H groups in total. The maximum Gasteiger partial charge on any atom is 0.255 e. The first-order valence-corrected chi connectivity index (χ1v) is 7.31. The fourth-order valence-electron chi connectivity index (χ4n) is 1.80. The molecule has 0 bridgehead atoms. The number of hydrogen-bond donors (Lipinski definition) is 2. The molecular formula is C15H15BrFN3O. The molecule has 110 valence electrons. The molecule has 0 saturated carbocycles. The van der Waals surface area contributed by atoms with Crippen molar-refractivity contribution >= 4 is 27.7 Å². The molecule has 2 aromatic rings. The second kappa shape index (κ2) is 7.17. The summed E-state index contributed by atoms with van der Waals surface area (Å²) in [5, 5.41) is 5.85. The molecule has 1 aromatic carbocycles. The van der Waals surface area contributed by atoms with E-state index in [1.807, 2.05) is 6.92 Å². The first-order chi connectivity index (χ1) is 10.1. The van der Waals surface area contributed by atoms with Gasteiger partial charge in [0, 0.05) is 23.8 Å². The number of benzene rings is 1. The number of carbonyl (C=O) groups is 1. The lowest BCUT2D eigenvalue weighted by Crippen LogP contribution is -2.24. The van der Waals surface area contributed by atoms with E-state index in [0.717, 1.165) is 10.0 Å². The summed E-state index contributed by atoms with van der Waals surface area (Å²) in [5.74, 6) is 0.0112. The molecular weight excluding hydrogens is 337 g/mol. The predicted octanol–water partition coefficient (Wildman–Crippen LogP) is 3.35. The number of pyridine rings is 1. The minimum Gasteiger partial charge on any atom is -0.370 e. The van der Waals surface area contributed by atoms with Gasteiger partial charge in [-0.15, -0.1) is 0 Å². The van der Waals surface area contributed by atoms with Gasteiger partial charge < -0.3 is 10.6 Å². The van der Waals surface area contributed by atoms with E-state index >= 15 is 0 Å². The average Bonchev–Trinajstić information content (AvgIpc) is 2.48. The number of hydrogen-bond acceptors (Lipinski definition) is 3. The highest BCUT2D eigenvalue weighted by Crippen LogP contribution is 2.18. The molecule has 1 aromatic heterocycles. The fraction of sp³-hybridized carbons (Fsp3) is 0.200. The zero-order chi connectivity index (χ0) is 15.2. The molecule has 0 aliphatic rings. The van der Waals surface area contributed by atoms with Crippen LogP contribution in [-0.2, 0) is 6.54 Å². The second-order valence-electron chi connectivity index (χ2n) is 4.39. The molecule has 0 aliphatic carbocycles. The van der Waals surface area contributed by atoms with E-state index in [1.165, 1.54) is 12.1 Å². The second-order valence-corrected chi connectivity index (χ2v) is 5.30. The molecule has 0 spiro atoms. The lowest BCUT2D eigenvalue weighted by atomic mass is 10.2. The lowest BCUT2D eigenvalue weighted by molar-refractivity contribution is 0.0951. The summed E-state index contributed by atoms with van der Waals surface area (Å²) in [6.07, 6.45) is 1.63. The van der Waals surface area contributed by atoms with Crippen molar-refractivity contribution in [2.75, 3.05) is 11.9 Å². The lowest BCUT2D eigenvalue weighted by Gasteiger charge is -2.10. The summed E-state index contributed by atoms with van der Waals surface area (Å²) in [6.45, 7) is 2.94. The Labute approximate surface area is 130 Å². The van der Waals surface area contributed by atoms with Gasteiger partial charge in [0.15, 0.2) is 0 Å². The summed E-state index contributed by atoms with van der Waals surface area (Å²) < 4.78 is 13.6. The average molecular weight is 352 g/mol. The highest BCUT2D eigenvalue weighted by Gasteiger charge is 2.12. The molecule has 0 unspecified atom stereocenters. The summed E-state index contributed by atoms with van der Waals surface area (Å²) >= 11 is 3.31. The SMILES string of the molecule is CCNc1ncc(Br)cc1C(=O)NCc1ccc(F)cc1. The molecule has 1 heterocycles. The number of nitrogens with zero attached hydrogens (tertiary/aromatic N) is 1. The van der Waals surface area contributed by atoms with Crippen molar-refractivity contribution in [2.24, 2.45) is 0 Å². The summed E-state index contributed by atoms with van der Waals surface area (Å²) in [4.78, 5) is 16.4. The van der Waals surface area contributed by atoms with Crippen molar-refractivity contribution in [3.63, 3.8) is 0 Å². The molecule has 2 rings (SSSR count). The van der Waals surface area contributed by atoms with E-state index in [-0.39, 0.29) is 11.7 Å².